The third kappa shape index (κ3) is 3.09. The van der Waals surface area contributed by atoms with Crippen molar-refractivity contribution in [3.05, 3.63) is 48.0 Å². The van der Waals surface area contributed by atoms with Crippen LogP contribution >= 0.6 is 0 Å². The Labute approximate surface area is 119 Å². The van der Waals surface area contributed by atoms with Gasteiger partial charge in [0.2, 0.25) is 0 Å². The zero-order valence-electron chi connectivity index (χ0n) is 10.4. The molecule has 2 aromatic rings. The van der Waals surface area contributed by atoms with Gasteiger partial charge in [-0.2, -0.15) is 0 Å². The van der Waals surface area contributed by atoms with Gasteiger partial charge in [0.05, 0.1) is 0 Å². The van der Waals surface area contributed by atoms with E-state index in [1.54, 1.807) is 12.1 Å². The van der Waals surface area contributed by atoms with Gasteiger partial charge in [-0.25, -0.2) is 0 Å². The van der Waals surface area contributed by atoms with Gasteiger partial charge in [-0.3, -0.25) is 0 Å². The molecule has 0 fully saturated rings. The number of ether oxygens (including phenoxy) is 1. The predicted molar refractivity (Wildman–Crippen MR) is 77.9 cm³/mol. The van der Waals surface area contributed by atoms with Gasteiger partial charge in [0, 0.05) is 0 Å². The summed E-state index contributed by atoms with van der Waals surface area (Å²) >= 11 is 1.48. The Hall–Kier alpha value is -1.93. The molecule has 19 heavy (non-hydrogen) atoms. The first-order chi connectivity index (χ1) is 9.11. The number of rotatable bonds is 4. The van der Waals surface area contributed by atoms with E-state index in [1.807, 2.05) is 24.3 Å². The van der Waals surface area contributed by atoms with Crippen molar-refractivity contribution in [2.45, 2.75) is 0 Å². The van der Waals surface area contributed by atoms with Crippen LogP contribution in [0.4, 0.5) is 11.4 Å². The van der Waals surface area contributed by atoms with Crippen molar-refractivity contribution in [1.29, 1.82) is 0 Å². The second-order valence-electron chi connectivity index (χ2n) is 3.93. The molecule has 0 saturated carbocycles. The zero-order valence-corrected chi connectivity index (χ0v) is 12.8. The van der Waals surface area contributed by atoms with E-state index in [0.29, 0.717) is 11.4 Å². The molecule has 1 atom stereocenters. The molecule has 0 saturated heterocycles. The van der Waals surface area contributed by atoms with Crippen LogP contribution in [0.3, 0.4) is 0 Å². The summed E-state index contributed by atoms with van der Waals surface area (Å²) in [5.74, 6) is -0.461. The van der Waals surface area contributed by atoms with E-state index in [-0.39, 0.29) is 5.56 Å². The molecule has 0 heterocycles. The van der Waals surface area contributed by atoms with Crippen molar-refractivity contribution in [2.75, 3.05) is 12.4 Å². The molecule has 0 amide bonds. The number of nitrogens with one attached hydrogen (secondary N) is 1. The molecule has 1 unspecified atom stereocenters. The van der Waals surface area contributed by atoms with E-state index >= 15 is 0 Å². The van der Waals surface area contributed by atoms with Crippen LogP contribution in [-0.4, -0.2) is 35.0 Å². The van der Waals surface area contributed by atoms with Gasteiger partial charge in [0.1, 0.15) is 0 Å². The van der Waals surface area contributed by atoms with E-state index in [9.17, 15) is 9.90 Å². The fourth-order valence-corrected chi connectivity index (χ4v) is 2.28. The van der Waals surface area contributed by atoms with E-state index in [2.05, 4.69) is 5.32 Å². The maximum absolute atomic E-state index is 11.3. The Bertz CT molecular complexity index is 613. The van der Waals surface area contributed by atoms with Gasteiger partial charge in [0.25, 0.3) is 0 Å². The normalized spacial score (nSPS) is 10.0. The number of benzene rings is 2. The summed E-state index contributed by atoms with van der Waals surface area (Å²) < 4.78 is 6.16. The van der Waals surface area contributed by atoms with Gasteiger partial charge < -0.3 is 0 Å². The Balaban J connectivity index is 2.40. The number of carboxylic acid groups (broad SMARTS) is 1. The Morgan fingerprint density at radius 1 is 1.21 bits per heavy atom. The summed E-state index contributed by atoms with van der Waals surface area (Å²) in [6, 6.07) is 12.7. The number of carboxylic acids is 1. The van der Waals surface area contributed by atoms with Gasteiger partial charge in [-0.15, -0.1) is 0 Å². The molecule has 0 radical (unpaired) electrons. The third-order valence-electron chi connectivity index (χ3n) is 2.69. The Kier molecular flexibility index (Phi) is 4.12. The van der Waals surface area contributed by atoms with Crippen molar-refractivity contribution in [1.82, 2.24) is 0 Å². The first kappa shape index (κ1) is 13.5. The number of para-hydroxylation sites is 1. The molecule has 2 rings (SSSR count). The van der Waals surface area contributed by atoms with Crippen LogP contribution in [-0.2, 0) is 0 Å². The van der Waals surface area contributed by atoms with Crippen LogP contribution in [0.5, 0.6) is 5.75 Å². The SMILES string of the molecule is COc1ccc(Nc2ccccc2[AsH2])c(C(=O)O)c1. The van der Waals surface area contributed by atoms with Crippen LogP contribution in [0, 0.1) is 0 Å². The predicted octanol–water partition coefficient (Wildman–Crippen LogP) is 1.40. The molecule has 2 N–H and O–H groups in total. The van der Waals surface area contributed by atoms with Crippen molar-refractivity contribution in [3.8, 4) is 5.75 Å². The molecule has 0 aliphatic rings. The van der Waals surface area contributed by atoms with E-state index in [4.69, 9.17) is 4.74 Å². The topological polar surface area (TPSA) is 58.6 Å². The minimum atomic E-state index is -0.986. The molecule has 0 aliphatic carbocycles. The van der Waals surface area contributed by atoms with E-state index in [1.165, 1.54) is 30.0 Å². The van der Waals surface area contributed by atoms with Gasteiger partial charge in [-0.05, 0) is 0 Å². The molecular weight excluding hydrogens is 305 g/mol. The molecule has 2 aromatic carbocycles. The number of anilines is 2. The van der Waals surface area contributed by atoms with Crippen LogP contribution in [0.15, 0.2) is 42.5 Å². The molecule has 98 valence electrons. The molecule has 0 aromatic heterocycles. The third-order valence-corrected chi connectivity index (χ3v) is 3.74. The number of hydrogen-bond acceptors (Lipinski definition) is 3. The summed E-state index contributed by atoms with van der Waals surface area (Å²) in [4.78, 5) is 11.3. The number of carbonyl (C=O) groups is 1. The molecule has 0 bridgehead atoms. The van der Waals surface area contributed by atoms with Gasteiger partial charge >= 0.3 is 119 Å². The second kappa shape index (κ2) is 5.81. The summed E-state index contributed by atoms with van der Waals surface area (Å²) in [5.41, 5.74) is 1.66. The fourth-order valence-electron chi connectivity index (χ4n) is 1.69. The number of aromatic carboxylic acids is 1. The molecule has 0 spiro atoms. The van der Waals surface area contributed by atoms with Crippen molar-refractivity contribution < 1.29 is 14.6 Å². The van der Waals surface area contributed by atoms with E-state index in [0.717, 1.165) is 10.0 Å². The first-order valence-electron chi connectivity index (χ1n) is 5.64. The van der Waals surface area contributed by atoms with Crippen LogP contribution in [0.2, 0.25) is 0 Å². The monoisotopic (exact) mass is 319 g/mol. The zero-order chi connectivity index (χ0) is 13.8. The molecule has 0 aliphatic heterocycles. The maximum atomic E-state index is 11.3. The van der Waals surface area contributed by atoms with E-state index < -0.39 is 5.97 Å². The summed E-state index contributed by atoms with van der Waals surface area (Å²) in [6.07, 6.45) is 0. The second-order valence-corrected chi connectivity index (χ2v) is 5.23. The van der Waals surface area contributed by atoms with Crippen LogP contribution in [0.1, 0.15) is 10.4 Å². The van der Waals surface area contributed by atoms with Crippen molar-refractivity contribution >= 4 is 38.5 Å². The standard InChI is InChI=1S/C14H14AsNO3/c1-19-9-6-7-12(10(8-9)14(17)18)16-13-5-3-2-4-11(13)15/h2-8,16H,15H2,1H3,(H,17,18). The average Bonchev–Trinajstić information content (AvgIpc) is 2.41. The first-order valence-corrected chi connectivity index (χ1v) is 6.86. The van der Waals surface area contributed by atoms with Gasteiger partial charge in [-0.1, -0.05) is 0 Å². The fraction of sp³-hybridized carbons (Fsp3) is 0.0714. The quantitative estimate of drug-likeness (QED) is 0.837. The average molecular weight is 319 g/mol. The Morgan fingerprint density at radius 3 is 2.58 bits per heavy atom. The van der Waals surface area contributed by atoms with Crippen molar-refractivity contribution in [3.63, 3.8) is 0 Å². The summed E-state index contributed by atoms with van der Waals surface area (Å²) in [5, 5.41) is 12.4. The Morgan fingerprint density at radius 2 is 1.95 bits per heavy atom. The minimum absolute atomic E-state index is 0.190. The molecule has 5 heteroatoms. The van der Waals surface area contributed by atoms with Crippen molar-refractivity contribution in [2.24, 2.45) is 0 Å². The number of hydrogen-bond donors (Lipinski definition) is 2. The molecule has 4 nitrogen and oxygen atoms in total. The summed E-state index contributed by atoms with van der Waals surface area (Å²) in [6.45, 7) is 0. The van der Waals surface area contributed by atoms with Gasteiger partial charge in [0.15, 0.2) is 0 Å². The van der Waals surface area contributed by atoms with Crippen LogP contribution in [0.25, 0.3) is 0 Å². The summed E-state index contributed by atoms with van der Waals surface area (Å²) in [7, 11) is 1.51. The van der Waals surface area contributed by atoms with Crippen LogP contribution < -0.4 is 14.4 Å². The number of methoxy groups -OCH3 is 1. The molecular formula is C14H14AsNO3.